The summed E-state index contributed by atoms with van der Waals surface area (Å²) in [4.78, 5) is 0. The van der Waals surface area contributed by atoms with E-state index in [1.807, 2.05) is 18.2 Å². The van der Waals surface area contributed by atoms with Crippen LogP contribution in [-0.4, -0.2) is 6.54 Å². The maximum absolute atomic E-state index is 8.94. The van der Waals surface area contributed by atoms with Crippen LogP contribution in [0.2, 0.25) is 0 Å². The largest absolute Gasteiger partial charge is 0.309 e. The zero-order valence-corrected chi connectivity index (χ0v) is 11.4. The van der Waals surface area contributed by atoms with Gasteiger partial charge in [-0.15, -0.1) is 0 Å². The molecule has 0 amide bonds. The third kappa shape index (κ3) is 4.54. The molecule has 1 atom stereocenters. The van der Waals surface area contributed by atoms with E-state index in [2.05, 4.69) is 29.6 Å². The van der Waals surface area contributed by atoms with Crippen molar-refractivity contribution in [2.24, 2.45) is 0 Å². The molecule has 0 radical (unpaired) electrons. The van der Waals surface area contributed by atoms with Gasteiger partial charge >= 0.3 is 0 Å². The van der Waals surface area contributed by atoms with E-state index in [0.717, 1.165) is 13.0 Å². The maximum Gasteiger partial charge on any atom is 0.0641 e. The van der Waals surface area contributed by atoms with E-state index in [-0.39, 0.29) is 6.04 Å². The first kappa shape index (κ1) is 13.8. The molecule has 0 aromatic heterocycles. The number of hydrogen-bond acceptors (Lipinski definition) is 2. The highest BCUT2D eigenvalue weighted by Gasteiger charge is 2.10. The lowest BCUT2D eigenvalue weighted by molar-refractivity contribution is 0.536. The molecule has 0 fully saturated rings. The fourth-order valence-electron chi connectivity index (χ4n) is 2.62. The molecule has 19 heavy (non-hydrogen) atoms. The summed E-state index contributed by atoms with van der Waals surface area (Å²) in [6.07, 6.45) is 9.24. The molecule has 2 nitrogen and oxygen atoms in total. The molecule has 1 aliphatic rings. The fourth-order valence-corrected chi connectivity index (χ4v) is 2.62. The predicted octanol–water partition coefficient (Wildman–Crippen LogP) is 4.12. The van der Waals surface area contributed by atoms with Crippen LogP contribution < -0.4 is 5.32 Å². The van der Waals surface area contributed by atoms with Crippen molar-refractivity contribution in [3.63, 3.8) is 0 Å². The maximum atomic E-state index is 8.94. The van der Waals surface area contributed by atoms with Gasteiger partial charge in [0.25, 0.3) is 0 Å². The van der Waals surface area contributed by atoms with Gasteiger partial charge in [-0.2, -0.15) is 5.26 Å². The monoisotopic (exact) mass is 254 g/mol. The van der Waals surface area contributed by atoms with E-state index < -0.39 is 0 Å². The van der Waals surface area contributed by atoms with E-state index in [0.29, 0.717) is 6.42 Å². The van der Waals surface area contributed by atoms with Crippen LogP contribution in [0.3, 0.4) is 0 Å². The smallest absolute Gasteiger partial charge is 0.0641 e. The molecule has 0 saturated heterocycles. The minimum atomic E-state index is 0.162. The Morgan fingerprint density at radius 3 is 2.74 bits per heavy atom. The second-order valence-electron chi connectivity index (χ2n) is 5.14. The van der Waals surface area contributed by atoms with Crippen molar-refractivity contribution < 1.29 is 0 Å². The molecule has 0 aliphatic heterocycles. The van der Waals surface area contributed by atoms with E-state index in [1.165, 1.54) is 31.2 Å². The van der Waals surface area contributed by atoms with Crippen molar-refractivity contribution in [1.29, 1.82) is 5.26 Å². The third-order valence-corrected chi connectivity index (χ3v) is 3.72. The summed E-state index contributed by atoms with van der Waals surface area (Å²) < 4.78 is 0. The van der Waals surface area contributed by atoms with E-state index in [9.17, 15) is 0 Å². The van der Waals surface area contributed by atoms with Crippen LogP contribution in [0.4, 0.5) is 0 Å². The number of rotatable bonds is 6. The average molecular weight is 254 g/mol. The van der Waals surface area contributed by atoms with Crippen LogP contribution >= 0.6 is 0 Å². The quantitative estimate of drug-likeness (QED) is 0.775. The third-order valence-electron chi connectivity index (χ3n) is 3.72. The van der Waals surface area contributed by atoms with Gasteiger partial charge in [-0.05, 0) is 44.2 Å². The SMILES string of the molecule is N#CCC(NCCC1=CCCCC1)c1ccccc1. The Morgan fingerprint density at radius 2 is 2.05 bits per heavy atom. The summed E-state index contributed by atoms with van der Waals surface area (Å²) in [5.74, 6) is 0. The topological polar surface area (TPSA) is 35.8 Å². The van der Waals surface area contributed by atoms with Gasteiger partial charge in [0.05, 0.1) is 12.5 Å². The Kier molecular flexibility index (Phi) is 5.65. The molecular formula is C17H22N2. The second kappa shape index (κ2) is 7.76. The zero-order chi connectivity index (χ0) is 13.3. The molecule has 2 heteroatoms. The zero-order valence-electron chi connectivity index (χ0n) is 11.4. The number of nitrogens with one attached hydrogen (secondary N) is 1. The molecule has 1 aromatic rings. The van der Waals surface area contributed by atoms with Gasteiger partial charge in [0, 0.05) is 6.04 Å². The summed E-state index contributed by atoms with van der Waals surface area (Å²) in [7, 11) is 0. The van der Waals surface area contributed by atoms with Crippen LogP contribution in [0.25, 0.3) is 0 Å². The molecule has 2 rings (SSSR count). The highest BCUT2D eigenvalue weighted by atomic mass is 14.9. The van der Waals surface area contributed by atoms with Crippen molar-refractivity contribution in [1.82, 2.24) is 5.32 Å². The van der Waals surface area contributed by atoms with Gasteiger partial charge in [-0.3, -0.25) is 0 Å². The van der Waals surface area contributed by atoms with Gasteiger partial charge in [-0.1, -0.05) is 42.0 Å². The number of allylic oxidation sites excluding steroid dienone is 1. The molecular weight excluding hydrogens is 232 g/mol. The predicted molar refractivity (Wildman–Crippen MR) is 78.6 cm³/mol. The summed E-state index contributed by atoms with van der Waals surface area (Å²) >= 11 is 0. The van der Waals surface area contributed by atoms with Crippen LogP contribution in [0.1, 0.15) is 50.1 Å². The Morgan fingerprint density at radius 1 is 1.21 bits per heavy atom. The molecule has 0 bridgehead atoms. The molecule has 100 valence electrons. The minimum absolute atomic E-state index is 0.162. The average Bonchev–Trinajstić information content (AvgIpc) is 2.48. The van der Waals surface area contributed by atoms with Crippen molar-refractivity contribution in [2.75, 3.05) is 6.54 Å². The lowest BCUT2D eigenvalue weighted by atomic mass is 9.97. The highest BCUT2D eigenvalue weighted by Crippen LogP contribution is 2.21. The summed E-state index contributed by atoms with van der Waals surface area (Å²) in [5.41, 5.74) is 2.80. The Labute approximate surface area is 116 Å². The summed E-state index contributed by atoms with van der Waals surface area (Å²) in [5, 5.41) is 12.5. The highest BCUT2D eigenvalue weighted by molar-refractivity contribution is 5.20. The van der Waals surface area contributed by atoms with Crippen molar-refractivity contribution >= 4 is 0 Å². The first-order valence-corrected chi connectivity index (χ1v) is 7.23. The molecule has 1 unspecified atom stereocenters. The molecule has 0 spiro atoms. The van der Waals surface area contributed by atoms with E-state index >= 15 is 0 Å². The molecule has 1 aromatic carbocycles. The van der Waals surface area contributed by atoms with E-state index in [1.54, 1.807) is 5.57 Å². The fraction of sp³-hybridized carbons (Fsp3) is 0.471. The van der Waals surface area contributed by atoms with Crippen molar-refractivity contribution in [2.45, 2.75) is 44.6 Å². The lowest BCUT2D eigenvalue weighted by Crippen LogP contribution is -2.22. The Bertz CT molecular complexity index is 442. The molecule has 1 aliphatic carbocycles. The van der Waals surface area contributed by atoms with Crippen LogP contribution in [-0.2, 0) is 0 Å². The normalized spacial score (nSPS) is 16.5. The van der Waals surface area contributed by atoms with Gasteiger partial charge in [-0.25, -0.2) is 0 Å². The first-order valence-electron chi connectivity index (χ1n) is 7.23. The van der Waals surface area contributed by atoms with Crippen LogP contribution in [0.15, 0.2) is 42.0 Å². The van der Waals surface area contributed by atoms with Gasteiger partial charge < -0.3 is 5.32 Å². The molecule has 1 N–H and O–H groups in total. The van der Waals surface area contributed by atoms with Gasteiger partial charge in [0.1, 0.15) is 0 Å². The Hall–Kier alpha value is -1.59. The Balaban J connectivity index is 1.84. The van der Waals surface area contributed by atoms with Crippen LogP contribution in [0.5, 0.6) is 0 Å². The summed E-state index contributed by atoms with van der Waals surface area (Å²) in [6, 6.07) is 12.7. The van der Waals surface area contributed by atoms with Crippen molar-refractivity contribution in [3.8, 4) is 6.07 Å². The standard InChI is InChI=1S/C17H22N2/c18-13-11-17(16-9-5-2-6-10-16)19-14-12-15-7-3-1-4-8-15/h2,5-7,9-10,17,19H,1,3-4,8,11-12,14H2. The number of nitrogens with zero attached hydrogens (tertiary/aromatic N) is 1. The van der Waals surface area contributed by atoms with Crippen molar-refractivity contribution in [3.05, 3.63) is 47.5 Å². The number of benzene rings is 1. The number of nitriles is 1. The lowest BCUT2D eigenvalue weighted by Gasteiger charge is -2.18. The molecule has 0 saturated carbocycles. The van der Waals surface area contributed by atoms with Crippen LogP contribution in [0, 0.1) is 11.3 Å². The van der Waals surface area contributed by atoms with Gasteiger partial charge in [0.15, 0.2) is 0 Å². The first-order chi connectivity index (χ1) is 9.40. The summed E-state index contributed by atoms with van der Waals surface area (Å²) in [6.45, 7) is 0.965. The molecule has 0 heterocycles. The minimum Gasteiger partial charge on any atom is -0.309 e. The van der Waals surface area contributed by atoms with E-state index in [4.69, 9.17) is 5.26 Å². The van der Waals surface area contributed by atoms with Gasteiger partial charge in [0.2, 0.25) is 0 Å². The second-order valence-corrected chi connectivity index (χ2v) is 5.14. The number of hydrogen-bond donors (Lipinski definition) is 1.